The van der Waals surface area contributed by atoms with Gasteiger partial charge in [0.25, 0.3) is 11.6 Å². The molecular formula is C9H8F4N2O2. The molecule has 0 aliphatic carbocycles. The van der Waals surface area contributed by atoms with Crippen LogP contribution in [0.1, 0.15) is 12.0 Å². The maximum absolute atomic E-state index is 13.4. The first-order chi connectivity index (χ1) is 7.79. The van der Waals surface area contributed by atoms with Crippen molar-refractivity contribution >= 4 is 5.69 Å². The normalized spacial score (nSPS) is 11.6. The molecule has 1 aromatic rings. The third kappa shape index (κ3) is 2.70. The number of nitrogens with two attached hydrogens (primary N) is 1. The van der Waals surface area contributed by atoms with E-state index in [2.05, 4.69) is 0 Å². The third-order valence-electron chi connectivity index (χ3n) is 2.09. The van der Waals surface area contributed by atoms with Crippen LogP contribution >= 0.6 is 0 Å². The number of hydrogen-bond donors (Lipinski definition) is 1. The van der Waals surface area contributed by atoms with E-state index in [0.29, 0.717) is 0 Å². The molecule has 0 aliphatic rings. The van der Waals surface area contributed by atoms with Crippen LogP contribution in [0, 0.1) is 21.7 Å². The van der Waals surface area contributed by atoms with Gasteiger partial charge < -0.3 is 5.73 Å². The Morgan fingerprint density at radius 1 is 1.29 bits per heavy atom. The Morgan fingerprint density at radius 2 is 1.82 bits per heavy atom. The van der Waals surface area contributed by atoms with Crippen molar-refractivity contribution < 1.29 is 22.5 Å². The van der Waals surface area contributed by atoms with Gasteiger partial charge in [0.15, 0.2) is 11.6 Å². The van der Waals surface area contributed by atoms with Gasteiger partial charge in [0.1, 0.15) is 5.56 Å². The summed E-state index contributed by atoms with van der Waals surface area (Å²) in [5.74, 6) is -6.79. The molecule has 1 aromatic carbocycles. The number of nitro groups is 1. The van der Waals surface area contributed by atoms with Crippen LogP contribution in [0.15, 0.2) is 12.1 Å². The third-order valence-corrected chi connectivity index (χ3v) is 2.09. The highest BCUT2D eigenvalue weighted by atomic mass is 19.3. The minimum absolute atomic E-state index is 0.128. The zero-order valence-corrected chi connectivity index (χ0v) is 8.42. The highest BCUT2D eigenvalue weighted by Crippen LogP contribution is 2.38. The number of benzene rings is 1. The standard InChI is InChI=1S/C9H8F4N2O2/c10-6-3-5(9(12,13)1-2-14)8(15(16)17)4-7(6)11/h3-4H,1-2,14H2. The molecule has 1 rings (SSSR count). The van der Waals surface area contributed by atoms with E-state index in [9.17, 15) is 27.7 Å². The molecule has 0 bridgehead atoms. The first-order valence-corrected chi connectivity index (χ1v) is 4.51. The molecule has 0 fully saturated rings. The molecule has 0 unspecified atom stereocenters. The van der Waals surface area contributed by atoms with E-state index in [4.69, 9.17) is 5.73 Å². The van der Waals surface area contributed by atoms with E-state index in [-0.39, 0.29) is 12.1 Å². The minimum atomic E-state index is -3.67. The molecule has 0 spiro atoms. The van der Waals surface area contributed by atoms with Crippen LogP contribution in [0.5, 0.6) is 0 Å². The minimum Gasteiger partial charge on any atom is -0.330 e. The number of halogens is 4. The average molecular weight is 252 g/mol. The van der Waals surface area contributed by atoms with Crippen molar-refractivity contribution in [3.63, 3.8) is 0 Å². The molecule has 0 aromatic heterocycles. The van der Waals surface area contributed by atoms with Crippen molar-refractivity contribution in [2.45, 2.75) is 12.3 Å². The van der Waals surface area contributed by atoms with Crippen LogP contribution in [-0.2, 0) is 5.92 Å². The molecule has 94 valence electrons. The number of hydrogen-bond acceptors (Lipinski definition) is 3. The summed E-state index contributed by atoms with van der Waals surface area (Å²) in [6.45, 7) is -0.441. The summed E-state index contributed by atoms with van der Waals surface area (Å²) >= 11 is 0. The molecule has 0 heterocycles. The lowest BCUT2D eigenvalue weighted by Gasteiger charge is -2.15. The fourth-order valence-corrected chi connectivity index (χ4v) is 1.30. The van der Waals surface area contributed by atoms with Crippen molar-refractivity contribution in [3.8, 4) is 0 Å². The van der Waals surface area contributed by atoms with E-state index < -0.39 is 46.7 Å². The summed E-state index contributed by atoms with van der Waals surface area (Å²) in [7, 11) is 0. The van der Waals surface area contributed by atoms with E-state index in [1.165, 1.54) is 0 Å². The van der Waals surface area contributed by atoms with Crippen LogP contribution in [0.2, 0.25) is 0 Å². The molecule has 17 heavy (non-hydrogen) atoms. The molecule has 0 radical (unpaired) electrons. The van der Waals surface area contributed by atoms with Crippen molar-refractivity contribution in [2.75, 3.05) is 6.54 Å². The summed E-state index contributed by atoms with van der Waals surface area (Å²) in [6.07, 6.45) is -0.890. The van der Waals surface area contributed by atoms with Crippen molar-refractivity contribution in [3.05, 3.63) is 39.4 Å². The van der Waals surface area contributed by atoms with Gasteiger partial charge in [0.05, 0.1) is 11.0 Å². The Kier molecular flexibility index (Phi) is 3.66. The predicted molar refractivity (Wildman–Crippen MR) is 50.6 cm³/mol. The van der Waals surface area contributed by atoms with E-state index in [1.807, 2.05) is 0 Å². The monoisotopic (exact) mass is 252 g/mol. The van der Waals surface area contributed by atoms with E-state index >= 15 is 0 Å². The molecular weight excluding hydrogens is 244 g/mol. The summed E-state index contributed by atoms with van der Waals surface area (Å²) in [4.78, 5) is 9.30. The Hall–Kier alpha value is -1.70. The van der Waals surface area contributed by atoms with Crippen LogP contribution in [0.4, 0.5) is 23.2 Å². The SMILES string of the molecule is NCCC(F)(F)c1cc(F)c(F)cc1[N+](=O)[O-]. The topological polar surface area (TPSA) is 69.2 Å². The van der Waals surface area contributed by atoms with Gasteiger partial charge in [-0.1, -0.05) is 0 Å². The second kappa shape index (κ2) is 4.66. The van der Waals surface area contributed by atoms with Crippen LogP contribution in [0.3, 0.4) is 0 Å². The zero-order valence-electron chi connectivity index (χ0n) is 8.42. The summed E-state index contributed by atoms with van der Waals surface area (Å²) in [5, 5.41) is 10.5. The van der Waals surface area contributed by atoms with Crippen LogP contribution < -0.4 is 5.73 Å². The zero-order chi connectivity index (χ0) is 13.2. The second-order valence-corrected chi connectivity index (χ2v) is 3.28. The van der Waals surface area contributed by atoms with Gasteiger partial charge >= 0.3 is 0 Å². The van der Waals surface area contributed by atoms with Crippen molar-refractivity contribution in [1.29, 1.82) is 0 Å². The molecule has 0 aliphatic heterocycles. The summed E-state index contributed by atoms with van der Waals surface area (Å²) < 4.78 is 52.4. The lowest BCUT2D eigenvalue weighted by Crippen LogP contribution is -2.20. The number of nitro benzene ring substituents is 1. The number of nitrogens with zero attached hydrogens (tertiary/aromatic N) is 1. The predicted octanol–water partition coefficient (Wildman–Crippen LogP) is 2.31. The summed E-state index contributed by atoms with van der Waals surface area (Å²) in [5.41, 5.74) is 2.59. The van der Waals surface area contributed by atoms with Gasteiger partial charge in [-0.2, -0.15) is 0 Å². The molecule has 0 amide bonds. The van der Waals surface area contributed by atoms with Gasteiger partial charge in [-0.05, 0) is 12.6 Å². The smallest absolute Gasteiger partial charge is 0.281 e. The van der Waals surface area contributed by atoms with Gasteiger partial charge in [-0.15, -0.1) is 0 Å². The Bertz CT molecular complexity index is 451. The highest BCUT2D eigenvalue weighted by Gasteiger charge is 2.38. The van der Waals surface area contributed by atoms with Crippen molar-refractivity contribution in [1.82, 2.24) is 0 Å². The molecule has 0 atom stereocenters. The molecule has 0 saturated heterocycles. The molecule has 4 nitrogen and oxygen atoms in total. The average Bonchev–Trinajstić information content (AvgIpc) is 2.20. The fourth-order valence-electron chi connectivity index (χ4n) is 1.30. The largest absolute Gasteiger partial charge is 0.330 e. The number of alkyl halides is 2. The lowest BCUT2D eigenvalue weighted by molar-refractivity contribution is -0.387. The Labute approximate surface area is 93.2 Å². The summed E-state index contributed by atoms with van der Waals surface area (Å²) in [6, 6.07) is 0.262. The number of rotatable bonds is 4. The maximum atomic E-state index is 13.4. The van der Waals surface area contributed by atoms with E-state index in [0.717, 1.165) is 0 Å². The first kappa shape index (κ1) is 13.4. The second-order valence-electron chi connectivity index (χ2n) is 3.28. The van der Waals surface area contributed by atoms with Gasteiger partial charge in [0, 0.05) is 6.42 Å². The van der Waals surface area contributed by atoms with E-state index in [1.54, 1.807) is 0 Å². The fraction of sp³-hybridized carbons (Fsp3) is 0.333. The van der Waals surface area contributed by atoms with Gasteiger partial charge in [-0.3, -0.25) is 10.1 Å². The molecule has 2 N–H and O–H groups in total. The maximum Gasteiger partial charge on any atom is 0.281 e. The molecule has 8 heteroatoms. The first-order valence-electron chi connectivity index (χ1n) is 4.51. The van der Waals surface area contributed by atoms with Gasteiger partial charge in [-0.25, -0.2) is 17.6 Å². The quantitative estimate of drug-likeness (QED) is 0.508. The Morgan fingerprint density at radius 3 is 2.29 bits per heavy atom. The van der Waals surface area contributed by atoms with Gasteiger partial charge in [0.2, 0.25) is 0 Å². The lowest BCUT2D eigenvalue weighted by atomic mass is 10.0. The Balaban J connectivity index is 3.40. The van der Waals surface area contributed by atoms with Crippen LogP contribution in [0.25, 0.3) is 0 Å². The molecule has 0 saturated carbocycles. The van der Waals surface area contributed by atoms with Crippen molar-refractivity contribution in [2.24, 2.45) is 5.73 Å². The highest BCUT2D eigenvalue weighted by molar-refractivity contribution is 5.43. The van der Waals surface area contributed by atoms with Crippen LogP contribution in [-0.4, -0.2) is 11.5 Å².